The molecule has 3 saturated carbocycles. The van der Waals surface area contributed by atoms with Crippen molar-refractivity contribution in [1.29, 1.82) is 0 Å². The van der Waals surface area contributed by atoms with Crippen LogP contribution in [0.1, 0.15) is 163 Å². The highest BCUT2D eigenvalue weighted by molar-refractivity contribution is 8.02. The smallest absolute Gasteiger partial charge is 0.408 e. The average molecular weight is 1420 g/mol. The number of rotatable bonds is 28. The minimum atomic E-state index is -2.48. The zero-order valence-corrected chi connectivity index (χ0v) is 61.0. The number of aliphatic hydroxyl groups is 3. The molecule has 6 fully saturated rings. The van der Waals surface area contributed by atoms with Gasteiger partial charge in [-0.05, 0) is 97.3 Å². The first-order valence-electron chi connectivity index (χ1n) is 34.8. The van der Waals surface area contributed by atoms with Gasteiger partial charge in [0.2, 0.25) is 17.9 Å². The molecule has 0 aromatic heterocycles. The van der Waals surface area contributed by atoms with Crippen LogP contribution in [0.3, 0.4) is 0 Å². The van der Waals surface area contributed by atoms with Gasteiger partial charge in [0.05, 0.1) is 61.1 Å². The number of esters is 4. The van der Waals surface area contributed by atoms with Gasteiger partial charge in [-0.1, -0.05) is 90.1 Å². The molecule has 2 aromatic carbocycles. The first-order chi connectivity index (χ1) is 46.9. The summed E-state index contributed by atoms with van der Waals surface area (Å²) in [5.74, 6) is -10.4. The Balaban J connectivity index is 1.08. The second-order valence-corrected chi connectivity index (χ2v) is 32.0. The summed E-state index contributed by atoms with van der Waals surface area (Å²) in [7, 11) is 1.63. The third-order valence-corrected chi connectivity index (χ3v) is 22.2. The van der Waals surface area contributed by atoms with E-state index in [1.54, 1.807) is 118 Å². The molecular weight excluding hydrogens is 1320 g/mol. The summed E-state index contributed by atoms with van der Waals surface area (Å²) in [5, 5.41) is 45.1. The molecule has 0 spiro atoms. The summed E-state index contributed by atoms with van der Waals surface area (Å²) in [6.45, 7) is 22.8. The van der Waals surface area contributed by atoms with Crippen LogP contribution in [0.15, 0.2) is 60.7 Å². The summed E-state index contributed by atoms with van der Waals surface area (Å²) in [6.07, 6.45) is -12.3. The Morgan fingerprint density at radius 2 is 1.45 bits per heavy atom. The van der Waals surface area contributed by atoms with Crippen LogP contribution in [0.25, 0.3) is 0 Å². The molecule has 3 heterocycles. The molecule has 8 rings (SSSR count). The SMILES string of the molecule is COCCC(C)(C)OCCOCCC(=O)NCCCCC(NC(=O)C1SC(C(=O)O[C@H](C(=O)O[C@@H]2CC3(O)[C@H](OC(=O)c4ccccc4)[C@@H]4C(C)(C(=O)[C@@H](O)C(C2C)C3(C)C)C(O)CC2OC[C@@]24OC(C)=O)[C@H](NC(=O)OC(C)(C)C)c2ccccc2)C2OCCCOC12)C(=O)C(C)(C)C. The number of ketones is 2. The molecule has 2 bridgehead atoms. The van der Waals surface area contributed by atoms with Crippen LogP contribution in [0.4, 0.5) is 4.79 Å². The van der Waals surface area contributed by atoms with E-state index in [1.165, 1.54) is 19.1 Å². The lowest BCUT2D eigenvalue weighted by Gasteiger charge is -2.68. The number of nitrogens with one attached hydrogen (secondary N) is 3. The molecule has 6 N–H and O–H groups in total. The third kappa shape index (κ3) is 17.7. The summed E-state index contributed by atoms with van der Waals surface area (Å²) in [6, 6.07) is 13.1. The van der Waals surface area contributed by atoms with Gasteiger partial charge >= 0.3 is 30.0 Å². The number of alkyl carbamates (subject to hydrolysis) is 1. The van der Waals surface area contributed by atoms with Gasteiger partial charge in [-0.3, -0.25) is 28.8 Å². The van der Waals surface area contributed by atoms with Gasteiger partial charge in [0, 0.05) is 76.4 Å². The monoisotopic (exact) mass is 1420 g/mol. The maximum Gasteiger partial charge on any atom is 0.408 e. The summed E-state index contributed by atoms with van der Waals surface area (Å²) in [5.41, 5.74) is -10.3. The van der Waals surface area contributed by atoms with Gasteiger partial charge in [-0.15, -0.1) is 11.8 Å². The molecule has 3 aliphatic carbocycles. The van der Waals surface area contributed by atoms with Crippen molar-refractivity contribution in [3.63, 3.8) is 0 Å². The number of hydrogen-bond donors (Lipinski definition) is 6. The van der Waals surface area contributed by atoms with Crippen molar-refractivity contribution in [2.75, 3.05) is 59.9 Å². The number of methoxy groups -OCH3 is 1. The van der Waals surface area contributed by atoms with E-state index in [0.717, 1.165) is 18.7 Å². The van der Waals surface area contributed by atoms with Crippen LogP contribution in [-0.2, 0) is 85.7 Å². The molecule has 27 heteroatoms. The number of fused-ring (bicyclic) bond motifs is 6. The Morgan fingerprint density at radius 1 is 0.800 bits per heavy atom. The van der Waals surface area contributed by atoms with Crippen LogP contribution in [-0.4, -0.2) is 216 Å². The summed E-state index contributed by atoms with van der Waals surface area (Å²) in [4.78, 5) is 131. The predicted molar refractivity (Wildman–Crippen MR) is 362 cm³/mol. The van der Waals surface area contributed by atoms with Crippen molar-refractivity contribution in [2.45, 2.75) is 235 Å². The maximum absolute atomic E-state index is 15.9. The van der Waals surface area contributed by atoms with Crippen LogP contribution in [0, 0.1) is 34.0 Å². The number of Topliss-reactive ketones (excluding diaryl/α,β-unsaturated/α-hetero) is 2. The fraction of sp³-hybridized carbons (Fsp3) is 0.712. The van der Waals surface area contributed by atoms with Crippen LogP contribution >= 0.6 is 11.8 Å². The summed E-state index contributed by atoms with van der Waals surface area (Å²) < 4.78 is 66.6. The Hall–Kier alpha value is -6.14. The molecule has 556 valence electrons. The molecule has 6 aliphatic rings. The average Bonchev–Trinajstić information content (AvgIpc) is 0.745. The van der Waals surface area contributed by atoms with Gasteiger partial charge in [0.1, 0.15) is 64.4 Å². The minimum Gasteiger partial charge on any atom is -0.459 e. The topological polar surface area (TPSA) is 352 Å². The van der Waals surface area contributed by atoms with Gasteiger partial charge < -0.3 is 83.4 Å². The van der Waals surface area contributed by atoms with E-state index < -0.39 is 170 Å². The molecule has 0 radical (unpaired) electrons. The molecule has 26 nitrogen and oxygen atoms in total. The number of ether oxygens (including phenoxy) is 11. The van der Waals surface area contributed by atoms with E-state index in [9.17, 15) is 44.1 Å². The number of carbonyl (C=O) groups excluding carboxylic acids is 9. The normalized spacial score (nSPS) is 31.0. The summed E-state index contributed by atoms with van der Waals surface area (Å²) >= 11 is 0.833. The van der Waals surface area contributed by atoms with E-state index in [1.807, 2.05) is 13.8 Å². The van der Waals surface area contributed by atoms with E-state index in [2.05, 4.69) is 16.0 Å². The van der Waals surface area contributed by atoms with Gasteiger partial charge in [-0.25, -0.2) is 14.4 Å². The highest BCUT2D eigenvalue weighted by atomic mass is 32.2. The Morgan fingerprint density at radius 3 is 2.06 bits per heavy atom. The van der Waals surface area contributed by atoms with Crippen molar-refractivity contribution in [1.82, 2.24) is 16.0 Å². The highest BCUT2D eigenvalue weighted by Gasteiger charge is 2.79. The van der Waals surface area contributed by atoms with Crippen LogP contribution in [0.2, 0.25) is 0 Å². The molecule has 3 aliphatic heterocycles. The minimum absolute atomic E-state index is 0.0248. The Kier molecular flexibility index (Phi) is 26.0. The Labute approximate surface area is 590 Å². The predicted octanol–water partition coefficient (Wildman–Crippen LogP) is 6.03. The van der Waals surface area contributed by atoms with Gasteiger partial charge in [0.15, 0.2) is 17.2 Å². The van der Waals surface area contributed by atoms with Crippen molar-refractivity contribution in [3.8, 4) is 0 Å². The standard InChI is InChI=1S/C73H105N3O23S/c1-41-46(39-73(88)61(97-63(84)44-26-19-16-20-27-44)58-71(13,60(82)52(80)50(41)70(73,11)12)47(78)38-48-72(58,40-93-48)98-42(2)77)95-64(85)53(51(43-24-17-15-18-25-43)76-66(87)99-68(6,7)8)96-65(86)57-55-54(91-32-23-33-92-55)56(100-57)62(83)75-45(59(81)67(3,4)5)28-21-22-31-74-49(79)29-34-90-36-37-94-69(9,10)30-35-89-14/h15-20,24-27,41,45-48,50-58,61,78,80,88H,21-23,28-40H2,1-14H3,(H,74,79)(H,75,83)(H,76,87)/t41?,45?,46-,47?,48?,50?,51-,52+,53+,54?,55?,56?,57?,58-,61-,71?,72-,73?/m1/s1. The van der Waals surface area contributed by atoms with Crippen LogP contribution < -0.4 is 16.0 Å². The number of thioether (sulfide) groups is 1. The molecular formula is C73H105N3O23S. The van der Waals surface area contributed by atoms with E-state index in [0.29, 0.717) is 52.0 Å². The van der Waals surface area contributed by atoms with Crippen molar-refractivity contribution >= 4 is 65.1 Å². The fourth-order valence-electron chi connectivity index (χ4n) is 15.2. The lowest BCUT2D eigenvalue weighted by atomic mass is 9.42. The molecule has 2 aromatic rings. The Bertz CT molecular complexity index is 3210. The van der Waals surface area contributed by atoms with Crippen molar-refractivity contribution < 1.29 is 111 Å². The van der Waals surface area contributed by atoms with Gasteiger partial charge in [-0.2, -0.15) is 0 Å². The van der Waals surface area contributed by atoms with Crippen LogP contribution in [0.5, 0.6) is 0 Å². The second kappa shape index (κ2) is 32.7. The second-order valence-electron chi connectivity index (χ2n) is 30.7. The lowest BCUT2D eigenvalue weighted by Crippen LogP contribution is -2.83. The number of hydrogen-bond acceptors (Lipinski definition) is 24. The lowest BCUT2D eigenvalue weighted by molar-refractivity contribution is -0.355. The molecule has 18 atom stereocenters. The first kappa shape index (κ1) is 79.6. The molecule has 3 saturated heterocycles. The van der Waals surface area contributed by atoms with Crippen molar-refractivity contribution in [2.24, 2.45) is 34.0 Å². The number of amides is 3. The third-order valence-electron chi connectivity index (χ3n) is 20.7. The van der Waals surface area contributed by atoms with Gasteiger partial charge in [0.25, 0.3) is 0 Å². The highest BCUT2D eigenvalue weighted by Crippen LogP contribution is 2.65. The molecule has 3 amide bonds. The number of carbonyl (C=O) groups is 9. The quantitative estimate of drug-likeness (QED) is 0.0322. The first-order valence-corrected chi connectivity index (χ1v) is 35.7. The zero-order valence-electron chi connectivity index (χ0n) is 60.2. The molecule has 100 heavy (non-hydrogen) atoms. The van der Waals surface area contributed by atoms with E-state index >= 15 is 14.4 Å². The molecule has 11 unspecified atom stereocenters. The van der Waals surface area contributed by atoms with Crippen molar-refractivity contribution in [3.05, 3.63) is 71.8 Å². The van der Waals surface area contributed by atoms with E-state index in [-0.39, 0.29) is 74.1 Å². The maximum atomic E-state index is 15.9. The number of benzene rings is 2. The zero-order chi connectivity index (χ0) is 73.5. The largest absolute Gasteiger partial charge is 0.459 e. The number of unbranched alkanes of at least 4 members (excludes halogenated alkanes) is 1. The fourth-order valence-corrected chi connectivity index (χ4v) is 16.7. The number of aliphatic hydroxyl groups excluding tert-OH is 2. The van der Waals surface area contributed by atoms with E-state index in [4.69, 9.17) is 52.1 Å².